The molecule has 1 aliphatic heterocycles. The Hall–Kier alpha value is -0.423. The zero-order chi connectivity index (χ0) is 14.7. The topological polar surface area (TPSA) is 35.5 Å². The molecule has 0 saturated heterocycles. The SMILES string of the molecule is CC(=O)OCC1CC(O[Si](C)(C)C(C)(C)C)=CCS1. The largest absolute Gasteiger partial charge is 0.547 e. The summed E-state index contributed by atoms with van der Waals surface area (Å²) >= 11 is 1.82. The lowest BCUT2D eigenvalue weighted by molar-refractivity contribution is -0.140. The van der Waals surface area contributed by atoms with Gasteiger partial charge >= 0.3 is 5.97 Å². The van der Waals surface area contributed by atoms with Crippen LogP contribution in [0.25, 0.3) is 0 Å². The molecule has 0 aromatic carbocycles. The third-order valence-electron chi connectivity index (χ3n) is 3.74. The third-order valence-corrected chi connectivity index (χ3v) is 9.25. The van der Waals surface area contributed by atoms with Crippen molar-refractivity contribution in [2.24, 2.45) is 0 Å². The number of carbonyl (C=O) groups excluding carboxylic acids is 1. The highest BCUT2D eigenvalue weighted by Crippen LogP contribution is 2.39. The van der Waals surface area contributed by atoms with E-state index in [2.05, 4.69) is 39.9 Å². The van der Waals surface area contributed by atoms with E-state index in [-0.39, 0.29) is 11.0 Å². The molecule has 0 radical (unpaired) electrons. The lowest BCUT2D eigenvalue weighted by Gasteiger charge is -2.38. The van der Waals surface area contributed by atoms with E-state index < -0.39 is 8.32 Å². The number of ether oxygens (including phenoxy) is 1. The molecule has 1 rings (SSSR count). The van der Waals surface area contributed by atoms with E-state index >= 15 is 0 Å². The molecule has 0 aliphatic carbocycles. The second kappa shape index (κ2) is 6.35. The van der Waals surface area contributed by atoms with Crippen molar-refractivity contribution in [2.75, 3.05) is 12.4 Å². The van der Waals surface area contributed by atoms with Crippen LogP contribution in [-0.4, -0.2) is 31.9 Å². The van der Waals surface area contributed by atoms with Gasteiger partial charge in [-0.05, 0) is 24.2 Å². The molecular weight excluding hydrogens is 276 g/mol. The first-order valence-electron chi connectivity index (χ1n) is 6.75. The van der Waals surface area contributed by atoms with Gasteiger partial charge in [-0.1, -0.05) is 20.8 Å². The zero-order valence-corrected chi connectivity index (χ0v) is 14.7. The first-order chi connectivity index (χ1) is 8.62. The first-order valence-corrected chi connectivity index (χ1v) is 10.7. The lowest BCUT2D eigenvalue weighted by Crippen LogP contribution is -2.41. The zero-order valence-electron chi connectivity index (χ0n) is 12.9. The second-order valence-electron chi connectivity index (χ2n) is 6.49. The number of hydrogen-bond donors (Lipinski definition) is 0. The number of hydrogen-bond acceptors (Lipinski definition) is 4. The van der Waals surface area contributed by atoms with Crippen LogP contribution in [0.3, 0.4) is 0 Å². The van der Waals surface area contributed by atoms with Gasteiger partial charge in [0.15, 0.2) is 0 Å². The molecule has 1 atom stereocenters. The fraction of sp³-hybridized carbons (Fsp3) is 0.786. The average molecular weight is 303 g/mol. The summed E-state index contributed by atoms with van der Waals surface area (Å²) in [7, 11) is -1.75. The van der Waals surface area contributed by atoms with Gasteiger partial charge in [0, 0.05) is 24.3 Å². The maximum absolute atomic E-state index is 10.9. The number of esters is 1. The second-order valence-corrected chi connectivity index (χ2v) is 12.6. The summed E-state index contributed by atoms with van der Waals surface area (Å²) in [4.78, 5) is 10.9. The predicted molar refractivity (Wildman–Crippen MR) is 83.9 cm³/mol. The Morgan fingerprint density at radius 2 is 2.11 bits per heavy atom. The van der Waals surface area contributed by atoms with E-state index in [0.717, 1.165) is 17.9 Å². The van der Waals surface area contributed by atoms with Crippen molar-refractivity contribution in [3.8, 4) is 0 Å². The highest BCUT2D eigenvalue weighted by molar-refractivity contribution is 8.00. The minimum absolute atomic E-state index is 0.206. The molecule has 1 heterocycles. The Bertz CT molecular complexity index is 358. The quantitative estimate of drug-likeness (QED) is 0.581. The van der Waals surface area contributed by atoms with Gasteiger partial charge in [0.1, 0.15) is 6.61 Å². The molecule has 5 heteroatoms. The molecule has 0 saturated carbocycles. The van der Waals surface area contributed by atoms with Crippen molar-refractivity contribution in [1.29, 1.82) is 0 Å². The number of allylic oxidation sites excluding steroid dienone is 1. The number of carbonyl (C=O) groups is 1. The molecule has 0 N–H and O–H groups in total. The van der Waals surface area contributed by atoms with Crippen LogP contribution in [0.5, 0.6) is 0 Å². The van der Waals surface area contributed by atoms with E-state index in [1.807, 2.05) is 11.8 Å². The summed E-state index contributed by atoms with van der Waals surface area (Å²) in [5, 5.41) is 0.540. The van der Waals surface area contributed by atoms with Gasteiger partial charge < -0.3 is 9.16 Å². The van der Waals surface area contributed by atoms with E-state index in [1.165, 1.54) is 6.92 Å². The van der Waals surface area contributed by atoms with Crippen molar-refractivity contribution in [3.05, 3.63) is 11.8 Å². The van der Waals surface area contributed by atoms with Crippen LogP contribution in [0.1, 0.15) is 34.1 Å². The van der Waals surface area contributed by atoms with Gasteiger partial charge in [-0.2, -0.15) is 11.8 Å². The minimum Gasteiger partial charge on any atom is -0.547 e. The Kier molecular flexibility index (Phi) is 5.56. The molecule has 1 unspecified atom stereocenters. The standard InChI is InChI=1S/C14H26O3SSi/c1-11(15)16-10-13-9-12(7-8-18-13)17-19(5,6)14(2,3)4/h7,13H,8-10H2,1-6H3. The fourth-order valence-corrected chi connectivity index (χ4v) is 3.65. The van der Waals surface area contributed by atoms with Crippen molar-refractivity contribution in [1.82, 2.24) is 0 Å². The lowest BCUT2D eigenvalue weighted by atomic mass is 10.2. The monoisotopic (exact) mass is 302 g/mol. The Labute approximate surface area is 122 Å². The summed E-state index contributed by atoms with van der Waals surface area (Å²) in [5.74, 6) is 1.82. The maximum Gasteiger partial charge on any atom is 0.302 e. The molecule has 0 bridgehead atoms. The van der Waals surface area contributed by atoms with Crippen LogP contribution in [0.4, 0.5) is 0 Å². The van der Waals surface area contributed by atoms with Crippen LogP contribution in [0.2, 0.25) is 18.1 Å². The van der Waals surface area contributed by atoms with Gasteiger partial charge in [-0.25, -0.2) is 0 Å². The fourth-order valence-electron chi connectivity index (χ4n) is 1.53. The van der Waals surface area contributed by atoms with Crippen LogP contribution in [0.15, 0.2) is 11.8 Å². The molecular formula is C14H26O3SSi. The summed E-state index contributed by atoms with van der Waals surface area (Å²) in [6.45, 7) is 13.2. The van der Waals surface area contributed by atoms with Crippen molar-refractivity contribution in [2.45, 2.75) is 57.5 Å². The third kappa shape index (κ3) is 5.22. The summed E-state index contributed by atoms with van der Waals surface area (Å²) in [6.07, 6.45) is 3.04. The van der Waals surface area contributed by atoms with Crippen LogP contribution in [0, 0.1) is 0 Å². The van der Waals surface area contributed by atoms with E-state index in [4.69, 9.17) is 9.16 Å². The smallest absolute Gasteiger partial charge is 0.302 e. The van der Waals surface area contributed by atoms with Crippen LogP contribution in [-0.2, 0) is 14.0 Å². The highest BCUT2D eigenvalue weighted by atomic mass is 32.2. The van der Waals surface area contributed by atoms with E-state index in [1.54, 1.807) is 0 Å². The molecule has 19 heavy (non-hydrogen) atoms. The molecule has 0 amide bonds. The minimum atomic E-state index is -1.75. The Morgan fingerprint density at radius 1 is 1.47 bits per heavy atom. The van der Waals surface area contributed by atoms with Gasteiger partial charge in [0.05, 0.1) is 5.76 Å². The Morgan fingerprint density at radius 3 is 2.63 bits per heavy atom. The molecule has 0 spiro atoms. The van der Waals surface area contributed by atoms with Crippen molar-refractivity contribution >= 4 is 26.0 Å². The van der Waals surface area contributed by atoms with Crippen molar-refractivity contribution in [3.63, 3.8) is 0 Å². The Balaban J connectivity index is 2.56. The molecule has 0 aromatic rings. The molecule has 1 aliphatic rings. The van der Waals surface area contributed by atoms with Gasteiger partial charge in [0.2, 0.25) is 8.32 Å². The van der Waals surface area contributed by atoms with E-state index in [9.17, 15) is 4.79 Å². The average Bonchev–Trinajstić information content (AvgIpc) is 2.24. The summed E-state index contributed by atoms with van der Waals surface area (Å²) in [6, 6.07) is 0. The van der Waals surface area contributed by atoms with Crippen LogP contribution >= 0.6 is 11.8 Å². The number of rotatable bonds is 4. The van der Waals surface area contributed by atoms with E-state index in [0.29, 0.717) is 11.9 Å². The molecule has 3 nitrogen and oxygen atoms in total. The molecule has 110 valence electrons. The summed E-state index contributed by atoms with van der Waals surface area (Å²) < 4.78 is 11.4. The number of thioether (sulfide) groups is 1. The molecule has 0 fully saturated rings. The summed E-state index contributed by atoms with van der Waals surface area (Å²) in [5.41, 5.74) is 0. The van der Waals surface area contributed by atoms with Crippen molar-refractivity contribution < 1.29 is 14.0 Å². The molecule has 0 aromatic heterocycles. The van der Waals surface area contributed by atoms with Gasteiger partial charge in [0.25, 0.3) is 0 Å². The van der Waals surface area contributed by atoms with Gasteiger partial charge in [-0.15, -0.1) is 0 Å². The highest BCUT2D eigenvalue weighted by Gasteiger charge is 2.39. The van der Waals surface area contributed by atoms with Gasteiger partial charge in [-0.3, -0.25) is 4.79 Å². The van der Waals surface area contributed by atoms with Crippen LogP contribution < -0.4 is 0 Å². The first kappa shape index (κ1) is 16.6. The predicted octanol–water partition coefficient (Wildman–Crippen LogP) is 3.96. The normalized spacial score (nSPS) is 20.7. The maximum atomic E-state index is 10.9.